The zero-order valence-corrected chi connectivity index (χ0v) is 46.4. The Balaban J connectivity index is 1.76. The van der Waals surface area contributed by atoms with E-state index in [1.165, 1.54) is 199 Å². The van der Waals surface area contributed by atoms with Gasteiger partial charge in [0.1, 0.15) is 48.8 Å². The van der Waals surface area contributed by atoms with Crippen molar-refractivity contribution in [3.8, 4) is 0 Å². The summed E-state index contributed by atoms with van der Waals surface area (Å²) in [6.45, 7) is 2.84. The van der Waals surface area contributed by atoms with Gasteiger partial charge in [-0.15, -0.1) is 0 Å². The number of carbonyl (C=O) groups excluding carboxylic acids is 1. The highest BCUT2D eigenvalue weighted by Gasteiger charge is 2.51. The van der Waals surface area contributed by atoms with Crippen molar-refractivity contribution in [3.63, 3.8) is 0 Å². The van der Waals surface area contributed by atoms with E-state index in [2.05, 4.69) is 19.2 Å². The SMILES string of the molecule is CCCCCCCCCCCCCCCCCCC/C=C/C(O)C(COC1OC(CO)C(OC2OC(CO)C(O)C(O)C2O)C(O)C1O)NC(=O)CCCCCCCCCCCCCCCCCCCCCC. The van der Waals surface area contributed by atoms with E-state index in [1.807, 2.05) is 6.08 Å². The number of hydrogen-bond donors (Lipinski definition) is 9. The quantitative estimate of drug-likeness (QED) is 0.0204. The lowest BCUT2D eigenvalue weighted by atomic mass is 9.97. The van der Waals surface area contributed by atoms with E-state index >= 15 is 0 Å². The average Bonchev–Trinajstić information content (AvgIpc) is 3.39. The van der Waals surface area contributed by atoms with Gasteiger partial charge in [-0.3, -0.25) is 4.79 Å². The number of rotatable bonds is 49. The molecule has 12 unspecified atom stereocenters. The zero-order chi connectivity index (χ0) is 53.2. The van der Waals surface area contributed by atoms with E-state index in [9.17, 15) is 45.6 Å². The first-order valence-corrected chi connectivity index (χ1v) is 30.4. The van der Waals surface area contributed by atoms with Crippen LogP contribution in [0.1, 0.15) is 264 Å². The zero-order valence-electron chi connectivity index (χ0n) is 46.4. The highest BCUT2D eigenvalue weighted by atomic mass is 16.7. The Morgan fingerprint density at radius 2 is 0.849 bits per heavy atom. The summed E-state index contributed by atoms with van der Waals surface area (Å²) in [6, 6.07) is -0.909. The number of carbonyl (C=O) groups is 1. The third-order valence-electron chi connectivity index (χ3n) is 15.2. The van der Waals surface area contributed by atoms with E-state index in [0.717, 1.165) is 38.5 Å². The van der Waals surface area contributed by atoms with Gasteiger partial charge in [-0.05, 0) is 19.3 Å². The van der Waals surface area contributed by atoms with Crippen molar-refractivity contribution >= 4 is 5.91 Å². The van der Waals surface area contributed by atoms with E-state index in [0.29, 0.717) is 6.42 Å². The summed E-state index contributed by atoms with van der Waals surface area (Å²) in [4.78, 5) is 13.3. The summed E-state index contributed by atoms with van der Waals surface area (Å²) < 4.78 is 22.8. The van der Waals surface area contributed by atoms with Crippen LogP contribution in [0.25, 0.3) is 0 Å². The summed E-state index contributed by atoms with van der Waals surface area (Å²) in [6.07, 6.45) is 35.3. The summed E-state index contributed by atoms with van der Waals surface area (Å²) >= 11 is 0. The normalized spacial score (nSPS) is 25.4. The van der Waals surface area contributed by atoms with E-state index in [1.54, 1.807) is 6.08 Å². The van der Waals surface area contributed by atoms with Crippen molar-refractivity contribution in [2.24, 2.45) is 0 Å². The Morgan fingerprint density at radius 3 is 1.26 bits per heavy atom. The molecule has 2 aliphatic heterocycles. The maximum atomic E-state index is 13.3. The maximum absolute atomic E-state index is 13.3. The van der Waals surface area contributed by atoms with E-state index < -0.39 is 86.8 Å². The van der Waals surface area contributed by atoms with Crippen LogP contribution in [-0.2, 0) is 23.7 Å². The molecule has 1 amide bonds. The standard InChI is InChI=1S/C59H113NO13/c1-3-5-7-9-11-13-15-17-19-21-23-25-27-29-31-33-35-37-39-41-43-51(64)60-47(48(63)42-40-38-36-34-32-30-28-26-24-22-20-18-16-14-12-10-8-6-4-2)46-70-58-56(69)54(67)57(50(45-62)72-58)73-59-55(68)53(66)52(65)49(44-61)71-59/h40,42,47-50,52-59,61-63,65-69H,3-39,41,43-46H2,1-2H3,(H,60,64)/b42-40+. The van der Waals surface area contributed by atoms with Gasteiger partial charge in [-0.1, -0.05) is 251 Å². The molecule has 9 N–H and O–H groups in total. The van der Waals surface area contributed by atoms with Crippen LogP contribution in [0.3, 0.4) is 0 Å². The molecule has 2 rings (SSSR count). The molecular formula is C59H113NO13. The molecular weight excluding hydrogens is 931 g/mol. The fourth-order valence-corrected chi connectivity index (χ4v) is 10.3. The Kier molecular flexibility index (Phi) is 42.5. The lowest BCUT2D eigenvalue weighted by Gasteiger charge is -2.46. The molecule has 14 nitrogen and oxygen atoms in total. The predicted octanol–water partition coefficient (Wildman–Crippen LogP) is 10.3. The molecule has 0 aromatic rings. The third kappa shape index (κ3) is 31.7. The summed E-state index contributed by atoms with van der Waals surface area (Å²) in [5.74, 6) is -0.233. The van der Waals surface area contributed by atoms with Crippen LogP contribution in [0.4, 0.5) is 0 Å². The molecule has 0 aromatic heterocycles. The van der Waals surface area contributed by atoms with Gasteiger partial charge in [-0.2, -0.15) is 0 Å². The lowest BCUT2D eigenvalue weighted by molar-refractivity contribution is -0.359. The van der Waals surface area contributed by atoms with Gasteiger partial charge in [0.25, 0.3) is 0 Å². The van der Waals surface area contributed by atoms with Gasteiger partial charge in [0, 0.05) is 6.42 Å². The van der Waals surface area contributed by atoms with Crippen molar-refractivity contribution < 1.29 is 64.6 Å². The Labute approximate surface area is 444 Å². The second-order valence-electron chi connectivity index (χ2n) is 21.8. The molecule has 0 aliphatic carbocycles. The van der Waals surface area contributed by atoms with Crippen LogP contribution in [0.2, 0.25) is 0 Å². The molecule has 0 bridgehead atoms. The van der Waals surface area contributed by atoms with Crippen LogP contribution in [0.15, 0.2) is 12.2 Å². The molecule has 2 aliphatic rings. The van der Waals surface area contributed by atoms with Gasteiger partial charge in [0.2, 0.25) is 5.91 Å². The van der Waals surface area contributed by atoms with Gasteiger partial charge >= 0.3 is 0 Å². The van der Waals surface area contributed by atoms with Gasteiger partial charge in [0.05, 0.1) is 32.0 Å². The van der Waals surface area contributed by atoms with Crippen molar-refractivity contribution in [1.29, 1.82) is 0 Å². The van der Waals surface area contributed by atoms with Crippen LogP contribution >= 0.6 is 0 Å². The van der Waals surface area contributed by atoms with Gasteiger partial charge in [-0.25, -0.2) is 0 Å². The van der Waals surface area contributed by atoms with Crippen molar-refractivity contribution in [2.45, 2.75) is 338 Å². The number of allylic oxidation sites excluding steroid dienone is 1. The smallest absolute Gasteiger partial charge is 0.220 e. The number of nitrogens with one attached hydrogen (secondary N) is 1. The fourth-order valence-electron chi connectivity index (χ4n) is 10.3. The first-order chi connectivity index (χ1) is 35.6. The fraction of sp³-hybridized carbons (Fsp3) is 0.949. The molecule has 0 aromatic carbocycles. The van der Waals surface area contributed by atoms with E-state index in [4.69, 9.17) is 18.9 Å². The van der Waals surface area contributed by atoms with Gasteiger partial charge < -0.3 is 65.1 Å². The van der Waals surface area contributed by atoms with Crippen LogP contribution in [0, 0.1) is 0 Å². The maximum Gasteiger partial charge on any atom is 0.220 e. The molecule has 2 fully saturated rings. The molecule has 432 valence electrons. The van der Waals surface area contributed by atoms with E-state index in [-0.39, 0.29) is 18.9 Å². The summed E-state index contributed by atoms with van der Waals surface area (Å²) in [5.41, 5.74) is 0. The Morgan fingerprint density at radius 1 is 0.479 bits per heavy atom. The lowest BCUT2D eigenvalue weighted by Crippen LogP contribution is -2.65. The molecule has 0 spiro atoms. The molecule has 14 heteroatoms. The Bertz CT molecular complexity index is 1280. The summed E-state index contributed by atoms with van der Waals surface area (Å²) in [7, 11) is 0. The Hall–Kier alpha value is -1.27. The first-order valence-electron chi connectivity index (χ1n) is 30.4. The number of ether oxygens (including phenoxy) is 4. The molecule has 73 heavy (non-hydrogen) atoms. The predicted molar refractivity (Wildman–Crippen MR) is 291 cm³/mol. The minimum absolute atomic E-state index is 0.233. The number of unbranched alkanes of at least 4 members (excludes halogenated alkanes) is 36. The van der Waals surface area contributed by atoms with Crippen molar-refractivity contribution in [3.05, 3.63) is 12.2 Å². The minimum Gasteiger partial charge on any atom is -0.394 e. The molecule has 2 heterocycles. The topological polar surface area (TPSA) is 228 Å². The first kappa shape index (κ1) is 67.8. The van der Waals surface area contributed by atoms with Crippen molar-refractivity contribution in [2.75, 3.05) is 19.8 Å². The summed E-state index contributed by atoms with van der Waals surface area (Å²) in [5, 5.41) is 87.1. The van der Waals surface area contributed by atoms with Crippen molar-refractivity contribution in [1.82, 2.24) is 5.32 Å². The third-order valence-corrected chi connectivity index (χ3v) is 15.2. The van der Waals surface area contributed by atoms with Crippen LogP contribution < -0.4 is 5.32 Å². The molecule has 0 radical (unpaired) electrons. The molecule has 2 saturated heterocycles. The van der Waals surface area contributed by atoms with Crippen LogP contribution in [-0.4, -0.2) is 140 Å². The minimum atomic E-state index is -1.79. The number of hydrogen-bond acceptors (Lipinski definition) is 13. The monoisotopic (exact) mass is 1040 g/mol. The number of amides is 1. The second-order valence-corrected chi connectivity index (χ2v) is 21.8. The molecule has 12 atom stereocenters. The second kappa shape index (κ2) is 45.7. The highest BCUT2D eigenvalue weighted by Crippen LogP contribution is 2.30. The number of aliphatic hydroxyl groups excluding tert-OH is 8. The largest absolute Gasteiger partial charge is 0.394 e. The highest BCUT2D eigenvalue weighted by molar-refractivity contribution is 5.76. The molecule has 0 saturated carbocycles. The number of aliphatic hydroxyl groups is 8. The average molecular weight is 1040 g/mol. The van der Waals surface area contributed by atoms with Crippen LogP contribution in [0.5, 0.6) is 0 Å². The van der Waals surface area contributed by atoms with Gasteiger partial charge in [0.15, 0.2) is 12.6 Å².